The van der Waals surface area contributed by atoms with E-state index in [1.165, 1.54) is 17.3 Å². The summed E-state index contributed by atoms with van der Waals surface area (Å²) >= 11 is 3.05. The lowest BCUT2D eigenvalue weighted by atomic mass is 10.2. The van der Waals surface area contributed by atoms with Gasteiger partial charge >= 0.3 is 0 Å². The summed E-state index contributed by atoms with van der Waals surface area (Å²) in [6, 6.07) is 14.0. The summed E-state index contributed by atoms with van der Waals surface area (Å²) in [6.07, 6.45) is 1.61. The van der Waals surface area contributed by atoms with Crippen LogP contribution in [0, 0.1) is 25.2 Å². The Balaban J connectivity index is 1.49. The van der Waals surface area contributed by atoms with Gasteiger partial charge in [0.05, 0.1) is 29.8 Å². The van der Waals surface area contributed by atoms with Crippen molar-refractivity contribution in [1.82, 2.24) is 4.57 Å². The number of carbonyl (C=O) groups excluding carboxylic acids is 1. The Bertz CT molecular complexity index is 1160. The van der Waals surface area contributed by atoms with Crippen LogP contribution >= 0.6 is 23.5 Å². The lowest BCUT2D eigenvalue weighted by molar-refractivity contribution is -0.113. The van der Waals surface area contributed by atoms with Crippen molar-refractivity contribution < 1.29 is 9.21 Å². The maximum absolute atomic E-state index is 12.7. The number of para-hydroxylation sites is 1. The average molecular weight is 437 g/mol. The first-order chi connectivity index (χ1) is 14.6. The number of nitriles is 1. The predicted octanol–water partition coefficient (Wildman–Crippen LogP) is 5.22. The summed E-state index contributed by atoms with van der Waals surface area (Å²) in [4.78, 5) is 17.3. The van der Waals surface area contributed by atoms with Crippen LogP contribution in [0.3, 0.4) is 0 Å². The van der Waals surface area contributed by atoms with E-state index in [9.17, 15) is 10.1 Å². The molecule has 6 nitrogen and oxygen atoms in total. The molecular formula is C22H20N4O2S2. The highest BCUT2D eigenvalue weighted by atomic mass is 32.2. The molecule has 1 aromatic carbocycles. The quantitative estimate of drug-likeness (QED) is 0.592. The number of benzene rings is 1. The van der Waals surface area contributed by atoms with Crippen LogP contribution < -0.4 is 5.32 Å². The second-order valence-corrected chi connectivity index (χ2v) is 9.03. The minimum Gasteiger partial charge on any atom is -0.467 e. The van der Waals surface area contributed by atoms with Gasteiger partial charge in [-0.1, -0.05) is 41.7 Å². The minimum absolute atomic E-state index is 0.170. The molecule has 0 aliphatic carbocycles. The molecule has 0 unspecified atom stereocenters. The Morgan fingerprint density at radius 3 is 2.93 bits per heavy atom. The van der Waals surface area contributed by atoms with Crippen molar-refractivity contribution in [3.05, 3.63) is 70.8 Å². The van der Waals surface area contributed by atoms with Crippen LogP contribution in [0.1, 0.15) is 28.1 Å². The van der Waals surface area contributed by atoms with Gasteiger partial charge in [-0.25, -0.2) is 4.99 Å². The zero-order valence-electron chi connectivity index (χ0n) is 16.6. The Labute approximate surface area is 183 Å². The van der Waals surface area contributed by atoms with E-state index in [1.54, 1.807) is 18.0 Å². The standard InChI is InChI=1S/C22H20N4O2S2/c1-14-15(2)26(11-17-7-5-9-28-17)21(18(14)10-23)25-20(27)13-30-22-24-19-8-4-3-6-16(19)12-29-22/h3-9H,11-13H2,1-2H3,(H,25,27). The normalized spacial score (nSPS) is 12.8. The smallest absolute Gasteiger partial charge is 0.235 e. The third-order valence-corrected chi connectivity index (χ3v) is 7.22. The van der Waals surface area contributed by atoms with Crippen molar-refractivity contribution in [3.63, 3.8) is 0 Å². The first kappa shape index (κ1) is 20.4. The largest absolute Gasteiger partial charge is 0.467 e. The van der Waals surface area contributed by atoms with Crippen molar-refractivity contribution in [2.75, 3.05) is 11.1 Å². The van der Waals surface area contributed by atoms with Gasteiger partial charge in [0, 0.05) is 11.4 Å². The summed E-state index contributed by atoms with van der Waals surface area (Å²) in [5, 5.41) is 12.6. The monoisotopic (exact) mass is 436 g/mol. The van der Waals surface area contributed by atoms with Crippen molar-refractivity contribution >= 4 is 45.3 Å². The Hall–Kier alpha value is -2.89. The number of rotatable bonds is 5. The molecule has 0 bridgehead atoms. The second-order valence-electron chi connectivity index (χ2n) is 6.84. The van der Waals surface area contributed by atoms with Crippen LogP contribution in [0.25, 0.3) is 0 Å². The van der Waals surface area contributed by atoms with Gasteiger partial charge in [0.25, 0.3) is 0 Å². The van der Waals surface area contributed by atoms with Crippen LogP contribution in [0.5, 0.6) is 0 Å². The van der Waals surface area contributed by atoms with E-state index in [-0.39, 0.29) is 11.7 Å². The maximum atomic E-state index is 12.7. The number of aliphatic imine (C=N–C) groups is 1. The molecule has 0 fully saturated rings. The number of fused-ring (bicyclic) bond motifs is 1. The van der Waals surface area contributed by atoms with Gasteiger partial charge in [0.1, 0.15) is 22.0 Å². The summed E-state index contributed by atoms with van der Waals surface area (Å²) in [7, 11) is 0. The first-order valence-corrected chi connectivity index (χ1v) is 11.4. The van der Waals surface area contributed by atoms with Crippen molar-refractivity contribution in [3.8, 4) is 6.07 Å². The fourth-order valence-electron chi connectivity index (χ4n) is 3.27. The van der Waals surface area contributed by atoms with Crippen LogP contribution in [-0.2, 0) is 17.1 Å². The number of nitrogens with zero attached hydrogens (tertiary/aromatic N) is 3. The van der Waals surface area contributed by atoms with Crippen LogP contribution in [0.15, 0.2) is 52.1 Å². The van der Waals surface area contributed by atoms with E-state index in [2.05, 4.69) is 22.4 Å². The number of hydrogen-bond acceptors (Lipinski definition) is 6. The highest BCUT2D eigenvalue weighted by molar-refractivity contribution is 8.38. The van der Waals surface area contributed by atoms with E-state index < -0.39 is 0 Å². The van der Waals surface area contributed by atoms with Gasteiger partial charge in [0.2, 0.25) is 5.91 Å². The molecule has 1 amide bonds. The van der Waals surface area contributed by atoms with Crippen molar-refractivity contribution in [2.24, 2.45) is 4.99 Å². The Morgan fingerprint density at radius 1 is 1.33 bits per heavy atom. The molecule has 1 N–H and O–H groups in total. The van der Waals surface area contributed by atoms with Crippen molar-refractivity contribution in [2.45, 2.75) is 26.1 Å². The molecule has 2 aromatic heterocycles. The molecular weight excluding hydrogens is 416 g/mol. The molecule has 3 aromatic rings. The zero-order chi connectivity index (χ0) is 21.1. The molecule has 4 rings (SSSR count). The van der Waals surface area contributed by atoms with Crippen LogP contribution in [0.4, 0.5) is 11.5 Å². The Kier molecular flexibility index (Phi) is 6.02. The minimum atomic E-state index is -0.170. The number of amides is 1. The molecule has 0 saturated carbocycles. The number of hydrogen-bond donors (Lipinski definition) is 1. The van der Waals surface area contributed by atoms with Gasteiger partial charge in [-0.2, -0.15) is 5.26 Å². The van der Waals surface area contributed by atoms with E-state index in [4.69, 9.17) is 4.42 Å². The lowest BCUT2D eigenvalue weighted by Crippen LogP contribution is -2.19. The number of furan rings is 1. The topological polar surface area (TPSA) is 83.3 Å². The SMILES string of the molecule is Cc1c(C#N)c(NC(=O)CSC2=Nc3ccccc3CS2)n(Cc2ccco2)c1C. The number of thioether (sulfide) groups is 2. The molecule has 0 radical (unpaired) electrons. The van der Waals surface area contributed by atoms with Crippen LogP contribution in [0.2, 0.25) is 0 Å². The molecule has 1 aliphatic heterocycles. The molecule has 0 saturated heterocycles. The molecule has 0 atom stereocenters. The number of aromatic nitrogens is 1. The van der Waals surface area contributed by atoms with Crippen molar-refractivity contribution in [1.29, 1.82) is 5.26 Å². The van der Waals surface area contributed by atoms with E-state index in [0.717, 1.165) is 32.8 Å². The van der Waals surface area contributed by atoms with Gasteiger partial charge in [0.15, 0.2) is 0 Å². The summed E-state index contributed by atoms with van der Waals surface area (Å²) < 4.78 is 8.24. The second kappa shape index (κ2) is 8.86. The van der Waals surface area contributed by atoms with Gasteiger partial charge in [-0.05, 0) is 43.2 Å². The van der Waals surface area contributed by atoms with Gasteiger partial charge in [-0.15, -0.1) is 0 Å². The van der Waals surface area contributed by atoms with Gasteiger partial charge < -0.3 is 14.3 Å². The lowest BCUT2D eigenvalue weighted by Gasteiger charge is -2.15. The third kappa shape index (κ3) is 4.18. The molecule has 8 heteroatoms. The summed E-state index contributed by atoms with van der Waals surface area (Å²) in [6.45, 7) is 4.28. The predicted molar refractivity (Wildman–Crippen MR) is 122 cm³/mol. The number of nitrogens with one attached hydrogen (secondary N) is 1. The first-order valence-electron chi connectivity index (χ1n) is 9.41. The Morgan fingerprint density at radius 2 is 2.17 bits per heavy atom. The molecule has 152 valence electrons. The third-order valence-electron chi connectivity index (χ3n) is 4.97. The van der Waals surface area contributed by atoms with E-state index >= 15 is 0 Å². The maximum Gasteiger partial charge on any atom is 0.235 e. The molecule has 30 heavy (non-hydrogen) atoms. The summed E-state index contributed by atoms with van der Waals surface area (Å²) in [5.74, 6) is 2.18. The van der Waals surface area contributed by atoms with Crippen LogP contribution in [-0.4, -0.2) is 20.6 Å². The van der Waals surface area contributed by atoms with Gasteiger partial charge in [-0.3, -0.25) is 4.79 Å². The summed E-state index contributed by atoms with van der Waals surface area (Å²) in [5.41, 5.74) is 4.43. The highest BCUT2D eigenvalue weighted by Crippen LogP contribution is 2.34. The number of anilines is 1. The molecule has 3 heterocycles. The fraction of sp³-hybridized carbons (Fsp3) is 0.227. The highest BCUT2D eigenvalue weighted by Gasteiger charge is 2.21. The zero-order valence-corrected chi connectivity index (χ0v) is 18.3. The fourth-order valence-corrected chi connectivity index (χ4v) is 5.13. The average Bonchev–Trinajstić information content (AvgIpc) is 3.35. The van der Waals surface area contributed by atoms with E-state index in [0.29, 0.717) is 17.9 Å². The molecule has 1 aliphatic rings. The van der Waals surface area contributed by atoms with E-state index in [1.807, 2.05) is 48.7 Å². The molecule has 0 spiro atoms. The number of carbonyl (C=O) groups is 1.